The molecule has 5 nitrogen and oxygen atoms in total. The van der Waals surface area contributed by atoms with Crippen LogP contribution in [0.1, 0.15) is 18.4 Å². The van der Waals surface area contributed by atoms with Gasteiger partial charge in [0.2, 0.25) is 5.91 Å². The average molecular weight is 376 g/mol. The Morgan fingerprint density at radius 3 is 2.50 bits per heavy atom. The van der Waals surface area contributed by atoms with Gasteiger partial charge in [-0.05, 0) is 50.1 Å². The van der Waals surface area contributed by atoms with Crippen molar-refractivity contribution in [3.63, 3.8) is 0 Å². The van der Waals surface area contributed by atoms with Crippen molar-refractivity contribution in [2.75, 3.05) is 17.2 Å². The van der Waals surface area contributed by atoms with E-state index in [2.05, 4.69) is 10.6 Å². The summed E-state index contributed by atoms with van der Waals surface area (Å²) in [6.45, 7) is 2.47. The summed E-state index contributed by atoms with van der Waals surface area (Å²) < 4.78 is 13.2. The number of amides is 3. The van der Waals surface area contributed by atoms with E-state index in [1.165, 1.54) is 23.1 Å². The van der Waals surface area contributed by atoms with E-state index in [0.29, 0.717) is 24.3 Å². The molecule has 0 aromatic heterocycles. The minimum Gasteiger partial charge on any atom is -0.324 e. The third-order valence-corrected chi connectivity index (χ3v) is 4.60. The van der Waals surface area contributed by atoms with E-state index in [1.54, 1.807) is 0 Å². The van der Waals surface area contributed by atoms with Crippen molar-refractivity contribution in [2.45, 2.75) is 25.8 Å². The molecule has 2 N–H and O–H groups in total. The van der Waals surface area contributed by atoms with Gasteiger partial charge in [0.15, 0.2) is 0 Å². The van der Waals surface area contributed by atoms with Crippen LogP contribution >= 0.6 is 11.6 Å². The predicted molar refractivity (Wildman–Crippen MR) is 100.0 cm³/mol. The second-order valence-electron chi connectivity index (χ2n) is 6.27. The fraction of sp³-hybridized carbons (Fsp3) is 0.263. The molecule has 2 aromatic carbocycles. The highest BCUT2D eigenvalue weighted by molar-refractivity contribution is 6.31. The van der Waals surface area contributed by atoms with Crippen LogP contribution in [0.5, 0.6) is 0 Å². The van der Waals surface area contributed by atoms with E-state index in [0.717, 1.165) is 12.0 Å². The highest BCUT2D eigenvalue weighted by Crippen LogP contribution is 2.23. The molecule has 3 rings (SSSR count). The predicted octanol–water partition coefficient (Wildman–Crippen LogP) is 4.42. The van der Waals surface area contributed by atoms with Gasteiger partial charge in [0.1, 0.15) is 11.9 Å². The van der Waals surface area contributed by atoms with Crippen LogP contribution in [-0.2, 0) is 4.79 Å². The van der Waals surface area contributed by atoms with Crippen molar-refractivity contribution in [3.05, 3.63) is 58.9 Å². The molecule has 0 radical (unpaired) electrons. The third kappa shape index (κ3) is 4.14. The molecule has 2 aromatic rings. The molecule has 1 saturated heterocycles. The molecule has 1 heterocycles. The van der Waals surface area contributed by atoms with E-state index >= 15 is 0 Å². The molecule has 7 heteroatoms. The number of halogens is 2. The highest BCUT2D eigenvalue weighted by atomic mass is 35.5. The number of nitrogens with zero attached hydrogens (tertiary/aromatic N) is 1. The van der Waals surface area contributed by atoms with E-state index in [-0.39, 0.29) is 17.0 Å². The number of likely N-dealkylation sites (tertiary alicyclic amines) is 1. The fourth-order valence-electron chi connectivity index (χ4n) is 2.91. The lowest BCUT2D eigenvalue weighted by atomic mass is 10.2. The second-order valence-corrected chi connectivity index (χ2v) is 6.67. The Labute approximate surface area is 156 Å². The number of hydrogen-bond acceptors (Lipinski definition) is 2. The molecular formula is C19H19ClFN3O2. The normalized spacial score (nSPS) is 16.4. The van der Waals surface area contributed by atoms with Gasteiger partial charge in [-0.1, -0.05) is 29.3 Å². The summed E-state index contributed by atoms with van der Waals surface area (Å²) in [5, 5.41) is 5.44. The highest BCUT2D eigenvalue weighted by Gasteiger charge is 2.34. The Balaban J connectivity index is 1.66. The zero-order chi connectivity index (χ0) is 18.7. The van der Waals surface area contributed by atoms with Crippen LogP contribution in [0, 0.1) is 12.7 Å². The van der Waals surface area contributed by atoms with Crippen LogP contribution in [0.3, 0.4) is 0 Å². The van der Waals surface area contributed by atoms with Crippen molar-refractivity contribution in [1.82, 2.24) is 4.90 Å². The lowest BCUT2D eigenvalue weighted by Gasteiger charge is -2.24. The monoisotopic (exact) mass is 375 g/mol. The van der Waals surface area contributed by atoms with Gasteiger partial charge in [0, 0.05) is 17.9 Å². The van der Waals surface area contributed by atoms with Gasteiger partial charge in [-0.2, -0.15) is 0 Å². The van der Waals surface area contributed by atoms with Crippen LogP contribution in [0.2, 0.25) is 5.02 Å². The fourth-order valence-corrected chi connectivity index (χ4v) is 3.09. The number of benzene rings is 2. The van der Waals surface area contributed by atoms with E-state index in [1.807, 2.05) is 31.2 Å². The number of aryl methyl sites for hydroxylation is 1. The van der Waals surface area contributed by atoms with Crippen LogP contribution < -0.4 is 10.6 Å². The van der Waals surface area contributed by atoms with Gasteiger partial charge < -0.3 is 15.5 Å². The topological polar surface area (TPSA) is 61.4 Å². The first-order valence-corrected chi connectivity index (χ1v) is 8.72. The van der Waals surface area contributed by atoms with Crippen molar-refractivity contribution >= 4 is 34.9 Å². The number of urea groups is 1. The third-order valence-electron chi connectivity index (χ3n) is 4.31. The number of carbonyl (C=O) groups is 2. The molecule has 1 unspecified atom stereocenters. The van der Waals surface area contributed by atoms with Crippen molar-refractivity contribution in [1.29, 1.82) is 0 Å². The summed E-state index contributed by atoms with van der Waals surface area (Å²) in [5.74, 6) is -0.867. The van der Waals surface area contributed by atoms with Crippen molar-refractivity contribution < 1.29 is 14.0 Å². The Hall–Kier alpha value is -2.60. The Bertz CT molecular complexity index is 826. The standard InChI is InChI=1S/C19H19ClFN3O2/c1-12-4-6-13(7-5-12)23-19(26)24-10-2-3-17(24)18(25)22-14-8-9-16(21)15(20)11-14/h4-9,11,17H,2-3,10H2,1H3,(H,22,25)(H,23,26). The summed E-state index contributed by atoms with van der Waals surface area (Å²) in [5.41, 5.74) is 2.17. The molecule has 1 aliphatic heterocycles. The zero-order valence-corrected chi connectivity index (χ0v) is 15.0. The molecule has 0 bridgehead atoms. The maximum Gasteiger partial charge on any atom is 0.322 e. The van der Waals surface area contributed by atoms with Crippen LogP contribution in [0.15, 0.2) is 42.5 Å². The number of anilines is 2. The molecule has 3 amide bonds. The summed E-state index contributed by atoms with van der Waals surface area (Å²) in [6, 6.07) is 10.5. The molecule has 1 fully saturated rings. The zero-order valence-electron chi connectivity index (χ0n) is 14.3. The van der Waals surface area contributed by atoms with E-state index in [9.17, 15) is 14.0 Å². The molecule has 0 spiro atoms. The number of hydrogen-bond donors (Lipinski definition) is 2. The molecule has 136 valence electrons. The van der Waals surface area contributed by atoms with Gasteiger partial charge in [0.05, 0.1) is 5.02 Å². The largest absolute Gasteiger partial charge is 0.324 e. The van der Waals surface area contributed by atoms with Gasteiger partial charge in [0.25, 0.3) is 0 Å². The van der Waals surface area contributed by atoms with Gasteiger partial charge in [-0.15, -0.1) is 0 Å². The molecule has 26 heavy (non-hydrogen) atoms. The van der Waals surface area contributed by atoms with Gasteiger partial charge in [-0.3, -0.25) is 4.79 Å². The maximum atomic E-state index is 13.2. The SMILES string of the molecule is Cc1ccc(NC(=O)N2CCCC2C(=O)Nc2ccc(F)c(Cl)c2)cc1. The Morgan fingerprint density at radius 2 is 1.81 bits per heavy atom. The quantitative estimate of drug-likeness (QED) is 0.834. The second kappa shape index (κ2) is 7.74. The summed E-state index contributed by atoms with van der Waals surface area (Å²) in [4.78, 5) is 26.6. The first-order valence-electron chi connectivity index (χ1n) is 8.34. The Morgan fingerprint density at radius 1 is 1.12 bits per heavy atom. The Kier molecular flexibility index (Phi) is 5.42. The summed E-state index contributed by atoms with van der Waals surface area (Å²) >= 11 is 5.74. The molecule has 1 aliphatic rings. The van der Waals surface area contributed by atoms with Crippen LogP contribution in [0.25, 0.3) is 0 Å². The number of rotatable bonds is 3. The molecular weight excluding hydrogens is 357 g/mol. The van der Waals surface area contributed by atoms with Gasteiger partial charge >= 0.3 is 6.03 Å². The lowest BCUT2D eigenvalue weighted by Crippen LogP contribution is -2.45. The maximum absolute atomic E-state index is 13.2. The molecule has 1 atom stereocenters. The summed E-state index contributed by atoms with van der Waals surface area (Å²) in [6.07, 6.45) is 1.31. The minimum absolute atomic E-state index is 0.0665. The lowest BCUT2D eigenvalue weighted by molar-refractivity contribution is -0.119. The van der Waals surface area contributed by atoms with Crippen molar-refractivity contribution in [2.24, 2.45) is 0 Å². The van der Waals surface area contributed by atoms with Gasteiger partial charge in [-0.25, -0.2) is 9.18 Å². The minimum atomic E-state index is -0.579. The summed E-state index contributed by atoms with van der Waals surface area (Å²) in [7, 11) is 0. The first kappa shape index (κ1) is 18.2. The molecule has 0 saturated carbocycles. The average Bonchev–Trinajstić information content (AvgIpc) is 3.10. The van der Waals surface area contributed by atoms with E-state index in [4.69, 9.17) is 11.6 Å². The van der Waals surface area contributed by atoms with Crippen molar-refractivity contribution in [3.8, 4) is 0 Å². The van der Waals surface area contributed by atoms with Crippen LogP contribution in [0.4, 0.5) is 20.6 Å². The number of nitrogens with one attached hydrogen (secondary N) is 2. The van der Waals surface area contributed by atoms with Crippen LogP contribution in [-0.4, -0.2) is 29.4 Å². The molecule has 0 aliphatic carbocycles. The smallest absolute Gasteiger partial charge is 0.322 e. The van der Waals surface area contributed by atoms with E-state index < -0.39 is 11.9 Å². The first-order chi connectivity index (χ1) is 12.4. The number of carbonyl (C=O) groups excluding carboxylic acids is 2.